The number of fused-ring (bicyclic) bond motifs is 1. The van der Waals surface area contributed by atoms with Crippen molar-refractivity contribution in [1.82, 2.24) is 9.80 Å². The Morgan fingerprint density at radius 1 is 1.31 bits per heavy atom. The molecule has 8 heteroatoms. The van der Waals surface area contributed by atoms with Crippen LogP contribution >= 0.6 is 0 Å². The minimum Gasteiger partial charge on any atom is -0.461 e. The SMILES string of the molecule is C=CCOC(=O)[C@@H]1[C@H]2C(=O)N([C@@H](CC)CO)C(C(=O)N(CC=C)CCCCC)C23CC(C)[C@@]1(C)O3. The molecule has 2 bridgehead atoms. The van der Waals surface area contributed by atoms with Crippen LogP contribution in [0.2, 0.25) is 0 Å². The van der Waals surface area contributed by atoms with Crippen molar-refractivity contribution in [3.8, 4) is 0 Å². The standard InChI is InChI=1S/C27H42N2O6/c1-7-11-12-14-28(13-8-2)24(32)22-27-16-18(5)26(6,35-27)21(25(33)34-15-9-3)20(27)23(31)29(22)19(10-4)17-30/h8-9,18-22,30H,2-3,7,10-17H2,1,4-6H3/t18?,19-,20-,21-,22?,26+,27?/m0/s1. The number of amides is 2. The van der Waals surface area contributed by atoms with Crippen LogP contribution in [0.4, 0.5) is 0 Å². The lowest BCUT2D eigenvalue weighted by molar-refractivity contribution is -0.163. The predicted molar refractivity (Wildman–Crippen MR) is 132 cm³/mol. The van der Waals surface area contributed by atoms with Crippen molar-refractivity contribution in [2.24, 2.45) is 17.8 Å². The molecule has 3 heterocycles. The Morgan fingerprint density at radius 2 is 2.03 bits per heavy atom. The highest BCUT2D eigenvalue weighted by molar-refractivity contribution is 5.98. The van der Waals surface area contributed by atoms with Gasteiger partial charge < -0.3 is 24.4 Å². The molecule has 0 saturated carbocycles. The molecular weight excluding hydrogens is 448 g/mol. The van der Waals surface area contributed by atoms with Gasteiger partial charge in [-0.3, -0.25) is 14.4 Å². The Hall–Kier alpha value is -2.19. The molecule has 3 aliphatic heterocycles. The van der Waals surface area contributed by atoms with E-state index in [1.807, 2.05) is 20.8 Å². The summed E-state index contributed by atoms with van der Waals surface area (Å²) in [5.74, 6) is -2.76. The second-order valence-corrected chi connectivity index (χ2v) is 10.4. The molecule has 35 heavy (non-hydrogen) atoms. The van der Waals surface area contributed by atoms with Gasteiger partial charge in [0.25, 0.3) is 0 Å². The van der Waals surface area contributed by atoms with Crippen molar-refractivity contribution < 1.29 is 29.0 Å². The first-order chi connectivity index (χ1) is 16.7. The third-order valence-corrected chi connectivity index (χ3v) is 8.35. The van der Waals surface area contributed by atoms with Crippen LogP contribution in [0, 0.1) is 17.8 Å². The summed E-state index contributed by atoms with van der Waals surface area (Å²) in [5.41, 5.74) is -2.07. The molecule has 8 nitrogen and oxygen atoms in total. The summed E-state index contributed by atoms with van der Waals surface area (Å²) >= 11 is 0. The number of carbonyl (C=O) groups excluding carboxylic acids is 3. The summed E-state index contributed by atoms with van der Waals surface area (Å²) in [6.07, 6.45) is 6.99. The molecule has 196 valence electrons. The minimum absolute atomic E-state index is 0.0402. The number of esters is 1. The fraction of sp³-hybridized carbons (Fsp3) is 0.741. The van der Waals surface area contributed by atoms with E-state index in [0.29, 0.717) is 25.9 Å². The quantitative estimate of drug-likeness (QED) is 0.242. The van der Waals surface area contributed by atoms with Gasteiger partial charge in [0.15, 0.2) is 0 Å². The Kier molecular flexibility index (Phi) is 8.48. The zero-order chi connectivity index (χ0) is 26.0. The smallest absolute Gasteiger partial charge is 0.313 e. The first-order valence-corrected chi connectivity index (χ1v) is 13.0. The van der Waals surface area contributed by atoms with E-state index in [9.17, 15) is 19.5 Å². The first kappa shape index (κ1) is 27.4. The number of aliphatic hydroxyl groups excluding tert-OH is 1. The monoisotopic (exact) mass is 490 g/mol. The number of nitrogens with zero attached hydrogens (tertiary/aromatic N) is 2. The minimum atomic E-state index is -1.15. The summed E-state index contributed by atoms with van der Waals surface area (Å²) in [5, 5.41) is 10.2. The van der Waals surface area contributed by atoms with Gasteiger partial charge in [-0.2, -0.15) is 0 Å². The molecule has 0 aliphatic carbocycles. The number of carbonyl (C=O) groups is 3. The largest absolute Gasteiger partial charge is 0.461 e. The fourth-order valence-electron chi connectivity index (χ4n) is 6.53. The second kappa shape index (κ2) is 10.8. The fourth-order valence-corrected chi connectivity index (χ4v) is 6.53. The van der Waals surface area contributed by atoms with E-state index in [1.165, 1.54) is 11.0 Å². The van der Waals surface area contributed by atoms with Crippen LogP contribution in [0.15, 0.2) is 25.3 Å². The van der Waals surface area contributed by atoms with Gasteiger partial charge in [0, 0.05) is 13.1 Å². The topological polar surface area (TPSA) is 96.4 Å². The van der Waals surface area contributed by atoms with Crippen LogP contribution in [-0.4, -0.2) is 82.3 Å². The van der Waals surface area contributed by atoms with Gasteiger partial charge in [0.1, 0.15) is 24.2 Å². The van der Waals surface area contributed by atoms with Crippen molar-refractivity contribution in [2.45, 2.75) is 83.1 Å². The normalized spacial score (nSPS) is 34.0. The van der Waals surface area contributed by atoms with Crippen molar-refractivity contribution in [1.29, 1.82) is 0 Å². The van der Waals surface area contributed by atoms with E-state index in [0.717, 1.165) is 19.3 Å². The highest BCUT2D eigenvalue weighted by Crippen LogP contribution is 2.65. The summed E-state index contributed by atoms with van der Waals surface area (Å²) in [6.45, 7) is 15.9. The highest BCUT2D eigenvalue weighted by atomic mass is 16.6. The molecular formula is C27H42N2O6. The number of rotatable bonds is 13. The molecule has 2 amide bonds. The summed E-state index contributed by atoms with van der Waals surface area (Å²) in [4.78, 5) is 44.8. The summed E-state index contributed by atoms with van der Waals surface area (Å²) < 4.78 is 12.1. The van der Waals surface area contributed by atoms with Crippen LogP contribution in [0.3, 0.4) is 0 Å². The molecule has 3 saturated heterocycles. The molecule has 3 fully saturated rings. The zero-order valence-electron chi connectivity index (χ0n) is 21.7. The highest BCUT2D eigenvalue weighted by Gasteiger charge is 2.80. The maximum atomic E-state index is 14.2. The molecule has 3 rings (SSSR count). The maximum absolute atomic E-state index is 14.2. The van der Waals surface area contributed by atoms with Gasteiger partial charge in [0.05, 0.1) is 24.2 Å². The van der Waals surface area contributed by atoms with E-state index in [4.69, 9.17) is 9.47 Å². The van der Waals surface area contributed by atoms with Gasteiger partial charge in [-0.25, -0.2) is 0 Å². The average molecular weight is 491 g/mol. The Morgan fingerprint density at radius 3 is 2.60 bits per heavy atom. The van der Waals surface area contributed by atoms with Crippen molar-refractivity contribution in [3.63, 3.8) is 0 Å². The molecule has 3 aliphatic rings. The number of unbranched alkanes of at least 4 members (excludes halogenated alkanes) is 2. The van der Waals surface area contributed by atoms with Crippen LogP contribution < -0.4 is 0 Å². The van der Waals surface area contributed by atoms with E-state index < -0.39 is 41.1 Å². The molecule has 0 radical (unpaired) electrons. The molecule has 3 unspecified atom stereocenters. The molecule has 0 aromatic carbocycles. The molecule has 0 aromatic heterocycles. The first-order valence-electron chi connectivity index (χ1n) is 13.0. The van der Waals surface area contributed by atoms with E-state index in [1.54, 1.807) is 11.0 Å². The van der Waals surface area contributed by atoms with Gasteiger partial charge in [0.2, 0.25) is 11.8 Å². The van der Waals surface area contributed by atoms with E-state index >= 15 is 0 Å². The third-order valence-electron chi connectivity index (χ3n) is 8.35. The van der Waals surface area contributed by atoms with Crippen LogP contribution in [-0.2, 0) is 23.9 Å². The van der Waals surface area contributed by atoms with Crippen molar-refractivity contribution in [3.05, 3.63) is 25.3 Å². The third kappa shape index (κ3) is 4.33. The number of ether oxygens (including phenoxy) is 2. The molecule has 7 atom stereocenters. The zero-order valence-corrected chi connectivity index (χ0v) is 21.7. The van der Waals surface area contributed by atoms with Gasteiger partial charge in [-0.1, -0.05) is 52.3 Å². The summed E-state index contributed by atoms with van der Waals surface area (Å²) in [6, 6.07) is -1.46. The Balaban J connectivity index is 2.10. The Labute approximate surface area is 209 Å². The molecule has 1 N–H and O–H groups in total. The van der Waals surface area contributed by atoms with Gasteiger partial charge >= 0.3 is 5.97 Å². The lowest BCUT2D eigenvalue weighted by Gasteiger charge is -2.39. The Bertz CT molecular complexity index is 842. The molecule has 0 aromatic rings. The predicted octanol–water partition coefficient (Wildman–Crippen LogP) is 2.70. The van der Waals surface area contributed by atoms with Crippen LogP contribution in [0.1, 0.15) is 59.8 Å². The van der Waals surface area contributed by atoms with Crippen LogP contribution in [0.25, 0.3) is 0 Å². The van der Waals surface area contributed by atoms with Crippen LogP contribution in [0.5, 0.6) is 0 Å². The van der Waals surface area contributed by atoms with Gasteiger partial charge in [-0.05, 0) is 32.1 Å². The van der Waals surface area contributed by atoms with Gasteiger partial charge in [-0.15, -0.1) is 6.58 Å². The summed E-state index contributed by atoms with van der Waals surface area (Å²) in [7, 11) is 0. The average Bonchev–Trinajstić information content (AvgIpc) is 3.34. The van der Waals surface area contributed by atoms with Crippen molar-refractivity contribution in [2.75, 3.05) is 26.3 Å². The number of hydrogen-bond acceptors (Lipinski definition) is 6. The lowest BCUT2D eigenvalue weighted by Crippen LogP contribution is -2.59. The number of likely N-dealkylation sites (tertiary alicyclic amines) is 1. The molecule has 1 spiro atoms. The maximum Gasteiger partial charge on any atom is 0.313 e. The van der Waals surface area contributed by atoms with Crippen molar-refractivity contribution >= 4 is 17.8 Å². The lowest BCUT2D eigenvalue weighted by atomic mass is 9.62. The van der Waals surface area contributed by atoms with E-state index in [-0.39, 0.29) is 30.9 Å². The second-order valence-electron chi connectivity index (χ2n) is 10.4. The number of hydrogen-bond donors (Lipinski definition) is 1. The van der Waals surface area contributed by atoms with E-state index in [2.05, 4.69) is 20.1 Å². The number of aliphatic hydroxyl groups is 1.